The Morgan fingerprint density at radius 1 is 1.44 bits per heavy atom. The van der Waals surface area contributed by atoms with Crippen molar-refractivity contribution in [2.45, 2.75) is 56.3 Å². The van der Waals surface area contributed by atoms with Crippen molar-refractivity contribution in [3.8, 4) is 0 Å². The highest BCUT2D eigenvalue weighted by molar-refractivity contribution is 8.00. The van der Waals surface area contributed by atoms with Crippen LogP contribution < -0.4 is 5.32 Å². The SMILES string of the molecule is CCCNC(CSc1nc(C)ns1)C1CCCC1. The molecule has 1 saturated carbocycles. The van der Waals surface area contributed by atoms with Gasteiger partial charge in [0.1, 0.15) is 5.82 Å². The molecular weight excluding hydrogens is 262 g/mol. The molecule has 1 aliphatic carbocycles. The van der Waals surface area contributed by atoms with Crippen LogP contribution in [-0.4, -0.2) is 27.7 Å². The number of nitrogens with zero attached hydrogens (tertiary/aromatic N) is 2. The fourth-order valence-electron chi connectivity index (χ4n) is 2.55. The van der Waals surface area contributed by atoms with Crippen LogP contribution in [0.5, 0.6) is 0 Å². The lowest BCUT2D eigenvalue weighted by Gasteiger charge is -2.23. The zero-order chi connectivity index (χ0) is 12.8. The first-order chi connectivity index (χ1) is 8.79. The third-order valence-electron chi connectivity index (χ3n) is 3.52. The average Bonchev–Trinajstić information content (AvgIpc) is 3.01. The summed E-state index contributed by atoms with van der Waals surface area (Å²) in [5.74, 6) is 2.92. The molecule has 0 bridgehead atoms. The molecule has 1 aromatic rings. The molecule has 0 aromatic carbocycles. The van der Waals surface area contributed by atoms with Crippen molar-refractivity contribution in [1.82, 2.24) is 14.7 Å². The third kappa shape index (κ3) is 4.21. The van der Waals surface area contributed by atoms with Gasteiger partial charge in [0.15, 0.2) is 4.34 Å². The van der Waals surface area contributed by atoms with Crippen LogP contribution in [0.3, 0.4) is 0 Å². The number of hydrogen-bond acceptors (Lipinski definition) is 5. The van der Waals surface area contributed by atoms with E-state index in [0.29, 0.717) is 6.04 Å². The van der Waals surface area contributed by atoms with E-state index in [9.17, 15) is 0 Å². The van der Waals surface area contributed by atoms with Crippen LogP contribution in [0.1, 0.15) is 44.9 Å². The van der Waals surface area contributed by atoms with Crippen molar-refractivity contribution in [1.29, 1.82) is 0 Å². The molecule has 0 radical (unpaired) electrons. The van der Waals surface area contributed by atoms with Crippen molar-refractivity contribution in [3.63, 3.8) is 0 Å². The van der Waals surface area contributed by atoms with Gasteiger partial charge in [-0.25, -0.2) is 4.98 Å². The van der Waals surface area contributed by atoms with E-state index in [4.69, 9.17) is 0 Å². The fourth-order valence-corrected chi connectivity index (χ4v) is 4.41. The molecule has 0 amide bonds. The lowest BCUT2D eigenvalue weighted by Crippen LogP contribution is -2.37. The number of aryl methyl sites for hydroxylation is 1. The van der Waals surface area contributed by atoms with Crippen molar-refractivity contribution in [2.24, 2.45) is 5.92 Å². The Kier molecular flexibility index (Phi) is 5.92. The molecule has 0 aliphatic heterocycles. The Labute approximate surface area is 118 Å². The van der Waals surface area contributed by atoms with E-state index in [2.05, 4.69) is 21.6 Å². The topological polar surface area (TPSA) is 37.8 Å². The second-order valence-corrected chi connectivity index (χ2v) is 7.04. The molecule has 1 aromatic heterocycles. The van der Waals surface area contributed by atoms with E-state index < -0.39 is 0 Å². The second kappa shape index (κ2) is 7.46. The summed E-state index contributed by atoms with van der Waals surface area (Å²) in [4.78, 5) is 4.43. The summed E-state index contributed by atoms with van der Waals surface area (Å²) in [6.45, 7) is 5.33. The minimum Gasteiger partial charge on any atom is -0.313 e. The van der Waals surface area contributed by atoms with Crippen molar-refractivity contribution < 1.29 is 0 Å². The van der Waals surface area contributed by atoms with E-state index in [1.165, 1.54) is 43.6 Å². The van der Waals surface area contributed by atoms with Gasteiger partial charge in [-0.3, -0.25) is 0 Å². The minimum atomic E-state index is 0.654. The summed E-state index contributed by atoms with van der Waals surface area (Å²) in [7, 11) is 0. The first kappa shape index (κ1) is 14.3. The third-order valence-corrected chi connectivity index (χ3v) is 5.56. The molecule has 1 aliphatic rings. The molecule has 1 N–H and O–H groups in total. The largest absolute Gasteiger partial charge is 0.313 e. The standard InChI is InChI=1S/C13H23N3S2/c1-3-8-14-12(11-6-4-5-7-11)9-17-13-15-10(2)16-18-13/h11-12,14H,3-9H2,1-2H3. The van der Waals surface area contributed by atoms with Crippen LogP contribution in [-0.2, 0) is 0 Å². The zero-order valence-corrected chi connectivity index (χ0v) is 12.9. The first-order valence-electron chi connectivity index (χ1n) is 6.96. The van der Waals surface area contributed by atoms with Crippen molar-refractivity contribution >= 4 is 23.3 Å². The first-order valence-corrected chi connectivity index (χ1v) is 8.72. The molecule has 3 nitrogen and oxygen atoms in total. The van der Waals surface area contributed by atoms with Crippen LogP contribution in [0.4, 0.5) is 0 Å². The predicted molar refractivity (Wildman–Crippen MR) is 79.4 cm³/mol. The maximum Gasteiger partial charge on any atom is 0.170 e. The highest BCUT2D eigenvalue weighted by atomic mass is 32.2. The van der Waals surface area contributed by atoms with Gasteiger partial charge in [0.25, 0.3) is 0 Å². The lowest BCUT2D eigenvalue weighted by atomic mass is 10.00. The number of hydrogen-bond donors (Lipinski definition) is 1. The van der Waals surface area contributed by atoms with Crippen LogP contribution in [0.15, 0.2) is 4.34 Å². The van der Waals surface area contributed by atoms with Gasteiger partial charge in [-0.1, -0.05) is 31.5 Å². The van der Waals surface area contributed by atoms with Crippen LogP contribution in [0.2, 0.25) is 0 Å². The average molecular weight is 285 g/mol. The molecule has 1 atom stereocenters. The number of thioether (sulfide) groups is 1. The minimum absolute atomic E-state index is 0.654. The Hall–Kier alpha value is -0.130. The van der Waals surface area contributed by atoms with E-state index in [0.717, 1.165) is 28.4 Å². The molecule has 18 heavy (non-hydrogen) atoms. The quantitative estimate of drug-likeness (QED) is 0.778. The fraction of sp³-hybridized carbons (Fsp3) is 0.846. The molecule has 1 fully saturated rings. The van der Waals surface area contributed by atoms with Crippen molar-refractivity contribution in [2.75, 3.05) is 12.3 Å². The van der Waals surface area contributed by atoms with E-state index in [1.54, 1.807) is 0 Å². The van der Waals surface area contributed by atoms with Gasteiger partial charge in [0, 0.05) is 11.8 Å². The van der Waals surface area contributed by atoms with Gasteiger partial charge < -0.3 is 5.32 Å². The Balaban J connectivity index is 1.83. The van der Waals surface area contributed by atoms with Gasteiger partial charge in [-0.15, -0.1) is 0 Å². The monoisotopic (exact) mass is 285 g/mol. The maximum atomic E-state index is 4.43. The second-order valence-electron chi connectivity index (χ2n) is 5.02. The zero-order valence-electron chi connectivity index (χ0n) is 11.3. The summed E-state index contributed by atoms with van der Waals surface area (Å²) in [5, 5.41) is 3.72. The molecule has 1 unspecified atom stereocenters. The van der Waals surface area contributed by atoms with E-state index >= 15 is 0 Å². The Bertz CT molecular complexity index is 348. The van der Waals surface area contributed by atoms with Gasteiger partial charge in [-0.05, 0) is 50.2 Å². The number of aromatic nitrogens is 2. The smallest absolute Gasteiger partial charge is 0.170 e. The molecule has 102 valence electrons. The number of nitrogens with one attached hydrogen (secondary N) is 1. The highest BCUT2D eigenvalue weighted by Crippen LogP contribution is 2.31. The summed E-state index contributed by atoms with van der Waals surface area (Å²) in [6.07, 6.45) is 6.84. The lowest BCUT2D eigenvalue weighted by molar-refractivity contribution is 0.388. The molecule has 2 rings (SSSR count). The summed E-state index contributed by atoms with van der Waals surface area (Å²) >= 11 is 3.40. The molecular formula is C13H23N3S2. The van der Waals surface area contributed by atoms with Gasteiger partial charge in [-0.2, -0.15) is 4.37 Å². The molecule has 0 saturated heterocycles. The van der Waals surface area contributed by atoms with E-state index in [-0.39, 0.29) is 0 Å². The summed E-state index contributed by atoms with van der Waals surface area (Å²) < 4.78 is 5.36. The van der Waals surface area contributed by atoms with Gasteiger partial charge in [0.2, 0.25) is 0 Å². The Morgan fingerprint density at radius 3 is 2.83 bits per heavy atom. The summed E-state index contributed by atoms with van der Waals surface area (Å²) in [5.41, 5.74) is 0. The maximum absolute atomic E-state index is 4.43. The van der Waals surface area contributed by atoms with Crippen LogP contribution in [0.25, 0.3) is 0 Å². The molecule has 1 heterocycles. The Morgan fingerprint density at radius 2 is 2.22 bits per heavy atom. The van der Waals surface area contributed by atoms with E-state index in [1.807, 2.05) is 18.7 Å². The molecule has 5 heteroatoms. The van der Waals surface area contributed by atoms with Crippen LogP contribution >= 0.6 is 23.3 Å². The molecule has 0 spiro atoms. The van der Waals surface area contributed by atoms with Gasteiger partial charge >= 0.3 is 0 Å². The normalized spacial score (nSPS) is 18.3. The van der Waals surface area contributed by atoms with Crippen LogP contribution in [0, 0.1) is 12.8 Å². The summed E-state index contributed by atoms with van der Waals surface area (Å²) in [6, 6.07) is 0.654. The van der Waals surface area contributed by atoms with Crippen molar-refractivity contribution in [3.05, 3.63) is 5.82 Å². The highest BCUT2D eigenvalue weighted by Gasteiger charge is 2.24. The van der Waals surface area contributed by atoms with Gasteiger partial charge in [0.05, 0.1) is 0 Å². The predicted octanol–water partition coefficient (Wildman–Crippen LogP) is 3.50. The number of rotatable bonds is 7.